The SMILES string of the molecule is O=C(NNc1ncccn1)c1cnn2c(-c3ccccc3)ccnc12. The van der Waals surface area contributed by atoms with E-state index < -0.39 is 0 Å². The van der Waals surface area contributed by atoms with E-state index in [4.69, 9.17) is 0 Å². The lowest BCUT2D eigenvalue weighted by atomic mass is 10.1. The Hall–Kier alpha value is -3.81. The first-order valence-electron chi connectivity index (χ1n) is 7.54. The van der Waals surface area contributed by atoms with Gasteiger partial charge in [0.25, 0.3) is 5.91 Å². The summed E-state index contributed by atoms with van der Waals surface area (Å²) in [6.45, 7) is 0. The first-order valence-corrected chi connectivity index (χ1v) is 7.54. The molecule has 3 aromatic heterocycles. The summed E-state index contributed by atoms with van der Waals surface area (Å²) in [7, 11) is 0. The lowest BCUT2D eigenvalue weighted by molar-refractivity contribution is 0.0963. The smallest absolute Gasteiger partial charge is 0.267 e. The molecule has 0 unspecified atom stereocenters. The summed E-state index contributed by atoms with van der Waals surface area (Å²) < 4.78 is 1.64. The van der Waals surface area contributed by atoms with Gasteiger partial charge < -0.3 is 0 Å². The van der Waals surface area contributed by atoms with Crippen LogP contribution in [-0.2, 0) is 0 Å². The third kappa shape index (κ3) is 2.88. The maximum Gasteiger partial charge on any atom is 0.275 e. The number of aromatic nitrogens is 5. The highest BCUT2D eigenvalue weighted by Gasteiger charge is 2.16. The third-order valence-corrected chi connectivity index (χ3v) is 3.57. The van der Waals surface area contributed by atoms with Gasteiger partial charge in [-0.15, -0.1) is 0 Å². The molecule has 0 saturated carbocycles. The van der Waals surface area contributed by atoms with Crippen molar-refractivity contribution in [3.63, 3.8) is 0 Å². The van der Waals surface area contributed by atoms with E-state index in [0.29, 0.717) is 17.2 Å². The first-order chi connectivity index (χ1) is 12.3. The van der Waals surface area contributed by atoms with E-state index >= 15 is 0 Å². The highest BCUT2D eigenvalue weighted by atomic mass is 16.2. The summed E-state index contributed by atoms with van der Waals surface area (Å²) >= 11 is 0. The van der Waals surface area contributed by atoms with Gasteiger partial charge in [-0.05, 0) is 12.1 Å². The highest BCUT2D eigenvalue weighted by Crippen LogP contribution is 2.20. The number of carbonyl (C=O) groups is 1. The molecule has 8 nitrogen and oxygen atoms in total. The highest BCUT2D eigenvalue weighted by molar-refractivity contribution is 6.00. The number of nitrogens with zero attached hydrogens (tertiary/aromatic N) is 5. The Balaban J connectivity index is 1.64. The molecular formula is C17H13N7O. The number of hydrogen-bond donors (Lipinski definition) is 2. The zero-order valence-electron chi connectivity index (χ0n) is 13.0. The number of hydrogen-bond acceptors (Lipinski definition) is 6. The second-order valence-corrected chi connectivity index (χ2v) is 5.14. The van der Waals surface area contributed by atoms with Gasteiger partial charge in [0.1, 0.15) is 5.56 Å². The quantitative estimate of drug-likeness (QED) is 0.555. The zero-order valence-corrected chi connectivity index (χ0v) is 13.0. The number of nitrogens with one attached hydrogen (secondary N) is 2. The monoisotopic (exact) mass is 331 g/mol. The fourth-order valence-electron chi connectivity index (χ4n) is 2.42. The Morgan fingerprint density at radius 2 is 1.72 bits per heavy atom. The summed E-state index contributed by atoms with van der Waals surface area (Å²) in [5.74, 6) is -0.0783. The summed E-state index contributed by atoms with van der Waals surface area (Å²) in [5.41, 5.74) is 7.86. The minimum Gasteiger partial charge on any atom is -0.267 e. The second-order valence-electron chi connectivity index (χ2n) is 5.14. The maximum atomic E-state index is 12.4. The van der Waals surface area contributed by atoms with E-state index in [-0.39, 0.29) is 5.91 Å². The Kier molecular flexibility index (Phi) is 3.76. The summed E-state index contributed by atoms with van der Waals surface area (Å²) in [6.07, 6.45) is 6.29. The van der Waals surface area contributed by atoms with Crippen molar-refractivity contribution < 1.29 is 4.79 Å². The van der Waals surface area contributed by atoms with Gasteiger partial charge in [-0.25, -0.2) is 19.5 Å². The molecule has 0 aliphatic rings. The average molecular weight is 331 g/mol. The molecule has 0 atom stereocenters. The topological polar surface area (TPSA) is 97.1 Å². The van der Waals surface area contributed by atoms with E-state index in [1.807, 2.05) is 36.4 Å². The Morgan fingerprint density at radius 1 is 0.920 bits per heavy atom. The average Bonchev–Trinajstić information content (AvgIpc) is 3.12. The summed E-state index contributed by atoms with van der Waals surface area (Å²) in [5, 5.41) is 4.31. The van der Waals surface area contributed by atoms with Crippen LogP contribution in [-0.4, -0.2) is 30.5 Å². The molecule has 0 saturated heterocycles. The van der Waals surface area contributed by atoms with E-state index in [9.17, 15) is 4.79 Å². The van der Waals surface area contributed by atoms with Crippen LogP contribution in [0, 0.1) is 0 Å². The Labute approximate surface area is 142 Å². The molecule has 1 amide bonds. The number of amides is 1. The number of carbonyl (C=O) groups excluding carboxylic acids is 1. The molecule has 4 aromatic rings. The second kappa shape index (κ2) is 6.36. The molecule has 0 aliphatic heterocycles. The van der Waals surface area contributed by atoms with Crippen LogP contribution in [0.3, 0.4) is 0 Å². The van der Waals surface area contributed by atoms with Crippen molar-refractivity contribution in [2.45, 2.75) is 0 Å². The minimum absolute atomic E-state index is 0.297. The van der Waals surface area contributed by atoms with Crippen LogP contribution in [0.25, 0.3) is 16.9 Å². The molecule has 8 heteroatoms. The van der Waals surface area contributed by atoms with Gasteiger partial charge in [0, 0.05) is 24.2 Å². The van der Waals surface area contributed by atoms with Gasteiger partial charge in [-0.2, -0.15) is 5.10 Å². The lowest BCUT2D eigenvalue weighted by Crippen LogP contribution is -2.30. The van der Waals surface area contributed by atoms with Crippen molar-refractivity contribution in [1.82, 2.24) is 30.0 Å². The van der Waals surface area contributed by atoms with E-state index in [0.717, 1.165) is 11.3 Å². The molecule has 0 aliphatic carbocycles. The van der Waals surface area contributed by atoms with Gasteiger partial charge in [-0.1, -0.05) is 30.3 Å². The number of rotatable bonds is 4. The number of hydrazine groups is 1. The van der Waals surface area contributed by atoms with Gasteiger partial charge in [0.05, 0.1) is 11.9 Å². The predicted molar refractivity (Wildman–Crippen MR) is 91.5 cm³/mol. The van der Waals surface area contributed by atoms with E-state index in [1.54, 1.807) is 29.2 Å². The van der Waals surface area contributed by atoms with Gasteiger partial charge in [0.15, 0.2) is 5.65 Å². The van der Waals surface area contributed by atoms with Crippen molar-refractivity contribution >= 4 is 17.5 Å². The fourth-order valence-corrected chi connectivity index (χ4v) is 2.42. The third-order valence-electron chi connectivity index (χ3n) is 3.57. The molecule has 4 rings (SSSR count). The van der Waals surface area contributed by atoms with Crippen LogP contribution in [0.2, 0.25) is 0 Å². The van der Waals surface area contributed by atoms with Crippen LogP contribution >= 0.6 is 0 Å². The van der Waals surface area contributed by atoms with Gasteiger partial charge in [0.2, 0.25) is 5.95 Å². The molecule has 3 heterocycles. The van der Waals surface area contributed by atoms with E-state index in [2.05, 4.69) is 30.9 Å². The van der Waals surface area contributed by atoms with Gasteiger partial charge in [-0.3, -0.25) is 15.6 Å². The molecule has 0 fully saturated rings. The number of fused-ring (bicyclic) bond motifs is 1. The Bertz CT molecular complexity index is 1020. The number of benzene rings is 1. The van der Waals surface area contributed by atoms with Crippen molar-refractivity contribution in [2.75, 3.05) is 5.43 Å². The molecule has 0 spiro atoms. The zero-order chi connectivity index (χ0) is 17.1. The van der Waals surface area contributed by atoms with Crippen LogP contribution < -0.4 is 10.9 Å². The molecule has 1 aromatic carbocycles. The standard InChI is InChI=1S/C17H13N7O/c25-16(22-23-17-19-8-4-9-20-17)13-11-21-24-14(7-10-18-15(13)24)12-5-2-1-3-6-12/h1-11H,(H,22,25)(H,19,20,23). The minimum atomic E-state index is -0.375. The summed E-state index contributed by atoms with van der Waals surface area (Å²) in [6, 6.07) is 13.3. The molecule has 0 radical (unpaired) electrons. The molecule has 122 valence electrons. The number of anilines is 1. The molecule has 25 heavy (non-hydrogen) atoms. The molecule has 2 N–H and O–H groups in total. The fraction of sp³-hybridized carbons (Fsp3) is 0. The largest absolute Gasteiger partial charge is 0.275 e. The van der Waals surface area contributed by atoms with Crippen LogP contribution in [0.4, 0.5) is 5.95 Å². The lowest BCUT2D eigenvalue weighted by Gasteiger charge is -2.06. The van der Waals surface area contributed by atoms with Crippen molar-refractivity contribution in [3.05, 3.63) is 72.8 Å². The van der Waals surface area contributed by atoms with Gasteiger partial charge >= 0.3 is 0 Å². The van der Waals surface area contributed by atoms with Crippen molar-refractivity contribution in [3.8, 4) is 11.3 Å². The molecule has 0 bridgehead atoms. The normalized spacial score (nSPS) is 10.6. The molecular weight excluding hydrogens is 318 g/mol. The van der Waals surface area contributed by atoms with Crippen LogP contribution in [0.15, 0.2) is 67.3 Å². The summed E-state index contributed by atoms with van der Waals surface area (Å²) in [4.78, 5) is 24.7. The van der Waals surface area contributed by atoms with Crippen molar-refractivity contribution in [2.24, 2.45) is 0 Å². The van der Waals surface area contributed by atoms with Crippen molar-refractivity contribution in [1.29, 1.82) is 0 Å². The van der Waals surface area contributed by atoms with Crippen LogP contribution in [0.1, 0.15) is 10.4 Å². The predicted octanol–water partition coefficient (Wildman–Crippen LogP) is 1.94. The van der Waals surface area contributed by atoms with E-state index in [1.165, 1.54) is 6.20 Å². The Morgan fingerprint density at radius 3 is 2.52 bits per heavy atom. The maximum absolute atomic E-state index is 12.4. The van der Waals surface area contributed by atoms with Crippen LogP contribution in [0.5, 0.6) is 0 Å². The first kappa shape index (κ1) is 14.8.